The van der Waals surface area contributed by atoms with Crippen molar-refractivity contribution in [2.75, 3.05) is 0 Å². The Morgan fingerprint density at radius 2 is 1.83 bits per heavy atom. The van der Waals surface area contributed by atoms with E-state index in [1.807, 2.05) is 13.0 Å². The van der Waals surface area contributed by atoms with Crippen molar-refractivity contribution in [2.45, 2.75) is 33.1 Å². The number of H-pyrrole nitrogens is 1. The zero-order valence-electron chi connectivity index (χ0n) is 8.10. The number of pyridine rings is 1. The van der Waals surface area contributed by atoms with Gasteiger partial charge in [-0.2, -0.15) is 0 Å². The molecule has 0 amide bonds. The molecule has 0 aliphatic carbocycles. The highest BCUT2D eigenvalue weighted by atomic mass is 16.3. The average Bonchev–Trinajstić information content (AvgIpc) is 1.92. The van der Waals surface area contributed by atoms with E-state index in [9.17, 15) is 5.11 Å². The monoisotopic (exact) mass is 166 g/mol. The third-order valence-electron chi connectivity index (χ3n) is 1.82. The topological polar surface area (TPSA) is 34.4 Å². The van der Waals surface area contributed by atoms with E-state index in [4.69, 9.17) is 0 Å². The molecule has 1 aromatic heterocycles. The van der Waals surface area contributed by atoms with Gasteiger partial charge in [0.2, 0.25) is 5.69 Å². The van der Waals surface area contributed by atoms with Gasteiger partial charge in [0, 0.05) is 13.0 Å². The number of hydrogen-bond donors (Lipinski definition) is 1. The molecule has 0 aromatic carbocycles. The fraction of sp³-hybridized carbons (Fsp3) is 0.500. The lowest BCUT2D eigenvalue weighted by Crippen LogP contribution is -2.26. The SMILES string of the molecule is Cc1ccc(O)c(C(C)(C)C)[nH+]1. The Kier molecular flexibility index (Phi) is 2.09. The molecule has 0 fully saturated rings. The van der Waals surface area contributed by atoms with Crippen LogP contribution in [-0.4, -0.2) is 5.11 Å². The molecule has 1 rings (SSSR count). The molecule has 66 valence electrons. The molecule has 1 heterocycles. The minimum atomic E-state index is -0.0316. The van der Waals surface area contributed by atoms with Crippen molar-refractivity contribution in [1.29, 1.82) is 0 Å². The standard InChI is InChI=1S/C10H15NO/c1-7-5-6-8(12)9(11-7)10(2,3)4/h5-6,12H,1-4H3/p+1. The Bertz CT molecular complexity index is 286. The maximum atomic E-state index is 9.54. The first-order valence-corrected chi connectivity index (χ1v) is 4.13. The van der Waals surface area contributed by atoms with Crippen LogP contribution in [0, 0.1) is 6.92 Å². The van der Waals surface area contributed by atoms with Crippen molar-refractivity contribution in [3.8, 4) is 5.75 Å². The number of hydrogen-bond acceptors (Lipinski definition) is 1. The van der Waals surface area contributed by atoms with Crippen LogP contribution < -0.4 is 4.98 Å². The number of aromatic amines is 1. The second kappa shape index (κ2) is 2.77. The third-order valence-corrected chi connectivity index (χ3v) is 1.82. The molecular formula is C10H16NO+. The van der Waals surface area contributed by atoms with Crippen LogP contribution in [-0.2, 0) is 5.41 Å². The Labute approximate surface area is 73.3 Å². The van der Waals surface area contributed by atoms with Crippen molar-refractivity contribution >= 4 is 0 Å². The number of aromatic nitrogens is 1. The van der Waals surface area contributed by atoms with Gasteiger partial charge in [0.25, 0.3) is 0 Å². The van der Waals surface area contributed by atoms with Crippen molar-refractivity contribution in [3.63, 3.8) is 0 Å². The van der Waals surface area contributed by atoms with E-state index in [2.05, 4.69) is 25.8 Å². The smallest absolute Gasteiger partial charge is 0.227 e. The van der Waals surface area contributed by atoms with E-state index < -0.39 is 0 Å². The van der Waals surface area contributed by atoms with E-state index in [-0.39, 0.29) is 5.41 Å². The Morgan fingerprint density at radius 1 is 1.25 bits per heavy atom. The van der Waals surface area contributed by atoms with E-state index in [0.29, 0.717) is 5.75 Å². The molecule has 0 saturated carbocycles. The molecular weight excluding hydrogens is 150 g/mol. The predicted molar refractivity (Wildman–Crippen MR) is 48.1 cm³/mol. The number of nitrogens with one attached hydrogen (secondary N) is 1. The molecule has 0 aliphatic heterocycles. The van der Waals surface area contributed by atoms with Crippen LogP contribution in [0.3, 0.4) is 0 Å². The van der Waals surface area contributed by atoms with Gasteiger partial charge in [-0.05, 0) is 6.07 Å². The molecule has 12 heavy (non-hydrogen) atoms. The van der Waals surface area contributed by atoms with Gasteiger partial charge >= 0.3 is 0 Å². The first kappa shape index (κ1) is 9.04. The first-order chi connectivity index (χ1) is 5.41. The predicted octanol–water partition coefficient (Wildman–Crippen LogP) is 1.81. The van der Waals surface area contributed by atoms with E-state index in [0.717, 1.165) is 11.4 Å². The van der Waals surface area contributed by atoms with Gasteiger partial charge in [-0.3, -0.25) is 0 Å². The van der Waals surface area contributed by atoms with Crippen LogP contribution in [0.2, 0.25) is 0 Å². The maximum absolute atomic E-state index is 9.54. The van der Waals surface area contributed by atoms with Gasteiger partial charge in [-0.15, -0.1) is 0 Å². The minimum Gasteiger partial charge on any atom is -0.502 e. The highest BCUT2D eigenvalue weighted by Gasteiger charge is 2.25. The highest BCUT2D eigenvalue weighted by Crippen LogP contribution is 2.25. The number of rotatable bonds is 0. The zero-order valence-corrected chi connectivity index (χ0v) is 8.10. The van der Waals surface area contributed by atoms with Crippen LogP contribution in [0.25, 0.3) is 0 Å². The normalized spacial score (nSPS) is 11.7. The Balaban J connectivity index is 3.23. The zero-order chi connectivity index (χ0) is 9.35. The molecule has 2 N–H and O–H groups in total. The molecule has 1 aromatic rings. The number of aryl methyl sites for hydroxylation is 1. The van der Waals surface area contributed by atoms with E-state index in [1.165, 1.54) is 0 Å². The maximum Gasteiger partial charge on any atom is 0.227 e. The molecule has 2 nitrogen and oxygen atoms in total. The lowest BCUT2D eigenvalue weighted by Gasteiger charge is -2.13. The summed E-state index contributed by atoms with van der Waals surface area (Å²) >= 11 is 0. The van der Waals surface area contributed by atoms with E-state index in [1.54, 1.807) is 6.07 Å². The fourth-order valence-electron chi connectivity index (χ4n) is 1.16. The Hall–Kier alpha value is -1.05. The van der Waals surface area contributed by atoms with Gasteiger partial charge in [-0.25, -0.2) is 4.98 Å². The third kappa shape index (κ3) is 1.76. The molecule has 0 bridgehead atoms. The van der Waals surface area contributed by atoms with Crippen LogP contribution in [0.1, 0.15) is 32.2 Å². The Morgan fingerprint density at radius 3 is 2.25 bits per heavy atom. The van der Waals surface area contributed by atoms with Crippen molar-refractivity contribution in [3.05, 3.63) is 23.5 Å². The minimum absolute atomic E-state index is 0.0316. The van der Waals surface area contributed by atoms with Gasteiger partial charge in [0.15, 0.2) is 11.4 Å². The van der Waals surface area contributed by atoms with Gasteiger partial charge < -0.3 is 5.11 Å². The van der Waals surface area contributed by atoms with Crippen molar-refractivity contribution < 1.29 is 10.1 Å². The lowest BCUT2D eigenvalue weighted by molar-refractivity contribution is -0.406. The van der Waals surface area contributed by atoms with Crippen LogP contribution in [0.4, 0.5) is 0 Å². The lowest BCUT2D eigenvalue weighted by atomic mass is 9.91. The summed E-state index contributed by atoms with van der Waals surface area (Å²) in [5.41, 5.74) is 1.93. The van der Waals surface area contributed by atoms with Gasteiger partial charge in [0.05, 0.1) is 5.41 Å². The fourth-order valence-corrected chi connectivity index (χ4v) is 1.16. The van der Waals surface area contributed by atoms with E-state index >= 15 is 0 Å². The molecule has 0 atom stereocenters. The molecule has 0 spiro atoms. The van der Waals surface area contributed by atoms with Crippen LogP contribution in [0.5, 0.6) is 5.75 Å². The molecule has 2 heteroatoms. The summed E-state index contributed by atoms with van der Waals surface area (Å²) in [6.45, 7) is 8.18. The molecule has 0 unspecified atom stereocenters. The van der Waals surface area contributed by atoms with Gasteiger partial charge in [0.1, 0.15) is 0 Å². The average molecular weight is 166 g/mol. The molecule has 0 aliphatic rings. The quantitative estimate of drug-likeness (QED) is 0.626. The second-order valence-corrected chi connectivity index (χ2v) is 4.15. The summed E-state index contributed by atoms with van der Waals surface area (Å²) in [6.07, 6.45) is 0. The summed E-state index contributed by atoms with van der Waals surface area (Å²) in [5, 5.41) is 9.54. The number of aromatic hydroxyl groups is 1. The summed E-state index contributed by atoms with van der Waals surface area (Å²) in [7, 11) is 0. The van der Waals surface area contributed by atoms with Crippen LogP contribution >= 0.6 is 0 Å². The van der Waals surface area contributed by atoms with Crippen molar-refractivity contribution in [1.82, 2.24) is 0 Å². The largest absolute Gasteiger partial charge is 0.502 e. The summed E-state index contributed by atoms with van der Waals surface area (Å²) < 4.78 is 0. The van der Waals surface area contributed by atoms with Crippen LogP contribution in [0.15, 0.2) is 12.1 Å². The van der Waals surface area contributed by atoms with Gasteiger partial charge in [-0.1, -0.05) is 20.8 Å². The molecule has 0 radical (unpaired) electrons. The summed E-state index contributed by atoms with van der Waals surface area (Å²) in [6, 6.07) is 3.59. The summed E-state index contributed by atoms with van der Waals surface area (Å²) in [5.74, 6) is 0.341. The first-order valence-electron chi connectivity index (χ1n) is 4.13. The second-order valence-electron chi connectivity index (χ2n) is 4.15. The highest BCUT2D eigenvalue weighted by molar-refractivity contribution is 5.27. The molecule has 0 saturated heterocycles. The summed E-state index contributed by atoms with van der Waals surface area (Å²) in [4.78, 5) is 3.17. The van der Waals surface area contributed by atoms with Crippen molar-refractivity contribution in [2.24, 2.45) is 0 Å².